The first kappa shape index (κ1) is 11.1. The Morgan fingerprint density at radius 1 is 1.22 bits per heavy atom. The molecular formula is C14H15N3O. The third-order valence-electron chi connectivity index (χ3n) is 3.35. The summed E-state index contributed by atoms with van der Waals surface area (Å²) in [5.74, 6) is 3.64. The lowest BCUT2D eigenvalue weighted by Crippen LogP contribution is -2.46. The van der Waals surface area contributed by atoms with Crippen LogP contribution in [0, 0.1) is 12.3 Å². The van der Waals surface area contributed by atoms with Gasteiger partial charge >= 0.3 is 0 Å². The average Bonchev–Trinajstić information content (AvgIpc) is 2.84. The molecular weight excluding hydrogens is 226 g/mol. The van der Waals surface area contributed by atoms with Crippen LogP contribution in [0.1, 0.15) is 0 Å². The fraction of sp³-hybridized carbons (Fsp3) is 0.357. The number of anilines is 1. The number of aromatic nitrogens is 1. The lowest BCUT2D eigenvalue weighted by molar-refractivity contribution is 0.286. The molecule has 0 saturated carbocycles. The molecule has 2 aromatic rings. The first-order chi connectivity index (χ1) is 8.88. The normalized spacial score (nSPS) is 16.9. The molecule has 1 aromatic heterocycles. The number of piperazine rings is 1. The van der Waals surface area contributed by atoms with Crippen molar-refractivity contribution in [3.05, 3.63) is 24.3 Å². The summed E-state index contributed by atoms with van der Waals surface area (Å²) >= 11 is 0. The van der Waals surface area contributed by atoms with Gasteiger partial charge in [-0.3, -0.25) is 4.90 Å². The minimum atomic E-state index is 0.730. The van der Waals surface area contributed by atoms with Crippen molar-refractivity contribution >= 4 is 16.8 Å². The quantitative estimate of drug-likeness (QED) is 0.747. The number of fused-ring (bicyclic) bond motifs is 1. The molecule has 0 aliphatic carbocycles. The minimum absolute atomic E-state index is 0.730. The zero-order valence-electron chi connectivity index (χ0n) is 10.2. The van der Waals surface area contributed by atoms with Gasteiger partial charge in [-0.1, -0.05) is 23.2 Å². The summed E-state index contributed by atoms with van der Waals surface area (Å²) in [6.07, 6.45) is 5.33. The monoisotopic (exact) mass is 241 g/mol. The van der Waals surface area contributed by atoms with Crippen LogP contribution < -0.4 is 4.90 Å². The first-order valence-corrected chi connectivity index (χ1v) is 6.13. The predicted molar refractivity (Wildman–Crippen MR) is 71.5 cm³/mol. The maximum atomic E-state index is 5.34. The third-order valence-corrected chi connectivity index (χ3v) is 3.35. The molecule has 4 heteroatoms. The average molecular weight is 241 g/mol. The van der Waals surface area contributed by atoms with Gasteiger partial charge in [-0.05, 0) is 12.1 Å². The molecule has 0 atom stereocenters. The highest BCUT2D eigenvalue weighted by Gasteiger charge is 2.20. The molecule has 3 rings (SSSR count). The summed E-state index contributed by atoms with van der Waals surface area (Å²) in [5, 5.41) is 5.27. The number of terminal acetylenes is 1. The van der Waals surface area contributed by atoms with E-state index in [0.717, 1.165) is 49.5 Å². The Kier molecular flexibility index (Phi) is 2.91. The maximum absolute atomic E-state index is 5.34. The number of benzene rings is 1. The number of hydrogen-bond acceptors (Lipinski definition) is 4. The van der Waals surface area contributed by atoms with Gasteiger partial charge in [0.2, 0.25) is 0 Å². The van der Waals surface area contributed by atoms with Crippen LogP contribution in [-0.4, -0.2) is 42.8 Å². The van der Waals surface area contributed by atoms with E-state index in [0.29, 0.717) is 0 Å². The second-order valence-electron chi connectivity index (χ2n) is 4.47. The zero-order valence-corrected chi connectivity index (χ0v) is 10.2. The second kappa shape index (κ2) is 4.71. The van der Waals surface area contributed by atoms with Gasteiger partial charge < -0.3 is 9.42 Å². The summed E-state index contributed by atoms with van der Waals surface area (Å²) in [6.45, 7) is 4.57. The van der Waals surface area contributed by atoms with E-state index in [1.165, 1.54) is 0 Å². The van der Waals surface area contributed by atoms with E-state index in [1.807, 2.05) is 18.2 Å². The number of hydrogen-bond donors (Lipinski definition) is 0. The van der Waals surface area contributed by atoms with Crippen LogP contribution in [0.3, 0.4) is 0 Å². The topological polar surface area (TPSA) is 32.5 Å². The molecule has 1 aliphatic rings. The van der Waals surface area contributed by atoms with E-state index >= 15 is 0 Å². The SMILES string of the molecule is C#CCN1CCN(c2noc3ccccc23)CC1. The van der Waals surface area contributed by atoms with Crippen LogP contribution in [-0.2, 0) is 0 Å². The van der Waals surface area contributed by atoms with Crippen LogP contribution in [0.4, 0.5) is 5.82 Å². The van der Waals surface area contributed by atoms with E-state index in [4.69, 9.17) is 10.9 Å². The van der Waals surface area contributed by atoms with Gasteiger partial charge in [-0.15, -0.1) is 6.42 Å². The van der Waals surface area contributed by atoms with E-state index in [1.54, 1.807) is 0 Å². The smallest absolute Gasteiger partial charge is 0.180 e. The molecule has 2 heterocycles. The van der Waals surface area contributed by atoms with E-state index in [-0.39, 0.29) is 0 Å². The van der Waals surface area contributed by atoms with Crippen molar-refractivity contribution < 1.29 is 4.52 Å². The van der Waals surface area contributed by atoms with Gasteiger partial charge in [-0.2, -0.15) is 0 Å². The van der Waals surface area contributed by atoms with Crippen molar-refractivity contribution in [2.24, 2.45) is 0 Å². The Hall–Kier alpha value is -1.99. The van der Waals surface area contributed by atoms with Gasteiger partial charge in [0.15, 0.2) is 11.4 Å². The Morgan fingerprint density at radius 2 is 2.00 bits per heavy atom. The Bertz CT molecular complexity index is 576. The van der Waals surface area contributed by atoms with Crippen LogP contribution in [0.5, 0.6) is 0 Å². The molecule has 1 fully saturated rings. The first-order valence-electron chi connectivity index (χ1n) is 6.13. The van der Waals surface area contributed by atoms with E-state index in [2.05, 4.69) is 26.9 Å². The standard InChI is InChI=1S/C14H15N3O/c1-2-7-16-8-10-17(11-9-16)14-12-5-3-4-6-13(12)18-15-14/h1,3-6H,7-11H2. The molecule has 4 nitrogen and oxygen atoms in total. The predicted octanol–water partition coefficient (Wildman–Crippen LogP) is 1.58. The van der Waals surface area contributed by atoms with Crippen LogP contribution in [0.2, 0.25) is 0 Å². The molecule has 0 amide bonds. The molecule has 0 bridgehead atoms. The number of para-hydroxylation sites is 1. The third kappa shape index (κ3) is 1.93. The van der Waals surface area contributed by atoms with Gasteiger partial charge in [0.05, 0.1) is 11.9 Å². The highest BCUT2D eigenvalue weighted by Crippen LogP contribution is 2.26. The van der Waals surface area contributed by atoms with Crippen molar-refractivity contribution in [2.75, 3.05) is 37.6 Å². The van der Waals surface area contributed by atoms with Crippen LogP contribution >= 0.6 is 0 Å². The lowest BCUT2D eigenvalue weighted by atomic mass is 10.2. The van der Waals surface area contributed by atoms with E-state index in [9.17, 15) is 0 Å². The molecule has 1 aromatic carbocycles. The van der Waals surface area contributed by atoms with Crippen molar-refractivity contribution in [2.45, 2.75) is 0 Å². The molecule has 0 spiro atoms. The molecule has 0 N–H and O–H groups in total. The van der Waals surface area contributed by atoms with Gasteiger partial charge in [0.1, 0.15) is 0 Å². The molecule has 0 radical (unpaired) electrons. The van der Waals surface area contributed by atoms with Crippen LogP contribution in [0.15, 0.2) is 28.8 Å². The van der Waals surface area contributed by atoms with Crippen LogP contribution in [0.25, 0.3) is 11.0 Å². The Balaban J connectivity index is 1.79. The molecule has 1 aliphatic heterocycles. The van der Waals surface area contributed by atoms with E-state index < -0.39 is 0 Å². The highest BCUT2D eigenvalue weighted by atomic mass is 16.5. The number of nitrogens with zero attached hydrogens (tertiary/aromatic N) is 3. The molecule has 18 heavy (non-hydrogen) atoms. The molecule has 0 unspecified atom stereocenters. The van der Waals surface area contributed by atoms with Crippen molar-refractivity contribution in [3.8, 4) is 12.3 Å². The van der Waals surface area contributed by atoms with Crippen molar-refractivity contribution in [3.63, 3.8) is 0 Å². The molecule has 1 saturated heterocycles. The lowest BCUT2D eigenvalue weighted by Gasteiger charge is -2.33. The minimum Gasteiger partial charge on any atom is -0.354 e. The summed E-state index contributed by atoms with van der Waals surface area (Å²) in [5.41, 5.74) is 0.846. The highest BCUT2D eigenvalue weighted by molar-refractivity contribution is 5.88. The summed E-state index contributed by atoms with van der Waals surface area (Å²) in [6, 6.07) is 7.97. The summed E-state index contributed by atoms with van der Waals surface area (Å²) < 4.78 is 5.34. The van der Waals surface area contributed by atoms with Gasteiger partial charge in [0.25, 0.3) is 0 Å². The summed E-state index contributed by atoms with van der Waals surface area (Å²) in [7, 11) is 0. The van der Waals surface area contributed by atoms with Crippen molar-refractivity contribution in [1.82, 2.24) is 10.1 Å². The second-order valence-corrected chi connectivity index (χ2v) is 4.47. The van der Waals surface area contributed by atoms with Gasteiger partial charge in [0, 0.05) is 26.2 Å². The number of rotatable bonds is 2. The van der Waals surface area contributed by atoms with Crippen molar-refractivity contribution in [1.29, 1.82) is 0 Å². The maximum Gasteiger partial charge on any atom is 0.180 e. The summed E-state index contributed by atoms with van der Waals surface area (Å²) in [4.78, 5) is 4.54. The largest absolute Gasteiger partial charge is 0.354 e. The fourth-order valence-corrected chi connectivity index (χ4v) is 2.35. The fourth-order valence-electron chi connectivity index (χ4n) is 2.35. The Morgan fingerprint density at radius 3 is 2.78 bits per heavy atom. The van der Waals surface area contributed by atoms with Gasteiger partial charge in [-0.25, -0.2) is 0 Å². The zero-order chi connectivity index (χ0) is 12.4. The Labute approximate surface area is 106 Å². The molecule has 92 valence electrons.